The summed E-state index contributed by atoms with van der Waals surface area (Å²) >= 11 is 0. The minimum Gasteiger partial charge on any atom is -0.468 e. The number of rotatable bonds is 2. The Bertz CT molecular complexity index is 403. The zero-order valence-corrected chi connectivity index (χ0v) is 13.0. The molecule has 2 aliphatic heterocycles. The predicted molar refractivity (Wildman–Crippen MR) is 77.2 cm³/mol. The first-order valence-corrected chi connectivity index (χ1v) is 7.12. The molecule has 2 aliphatic rings. The first-order chi connectivity index (χ1) is 9.27. The lowest BCUT2D eigenvalue weighted by atomic mass is 9.76. The van der Waals surface area contributed by atoms with Crippen molar-refractivity contribution in [2.45, 2.75) is 57.8 Å². The van der Waals surface area contributed by atoms with E-state index >= 15 is 0 Å². The molecule has 6 heteroatoms. The molecule has 0 aromatic heterocycles. The van der Waals surface area contributed by atoms with Crippen LogP contribution in [0.2, 0.25) is 0 Å². The average molecular weight is 281 g/mol. The van der Waals surface area contributed by atoms with Crippen molar-refractivity contribution in [1.82, 2.24) is 5.32 Å². The summed E-state index contributed by atoms with van der Waals surface area (Å²) in [6.07, 6.45) is 3.46. The molecule has 0 aromatic rings. The standard InChI is InChI=1S/C14H24BNO4/c1-13(2)14(3,4)20-15(19-13)10-6-7-11(12(17)18-5)16-9-8-10/h6,11,16H,7-9H2,1-5H3. The number of nitrogens with one attached hydrogen (secondary N) is 1. The highest BCUT2D eigenvalue weighted by atomic mass is 16.7. The van der Waals surface area contributed by atoms with Gasteiger partial charge in [0.25, 0.3) is 0 Å². The molecule has 1 saturated heterocycles. The summed E-state index contributed by atoms with van der Waals surface area (Å²) in [7, 11) is 1.09. The third-order valence-corrected chi connectivity index (χ3v) is 4.46. The van der Waals surface area contributed by atoms with Gasteiger partial charge in [0.05, 0.1) is 18.3 Å². The van der Waals surface area contributed by atoms with Crippen LogP contribution < -0.4 is 5.32 Å². The van der Waals surface area contributed by atoms with Gasteiger partial charge in [0, 0.05) is 0 Å². The van der Waals surface area contributed by atoms with Crippen LogP contribution in [-0.2, 0) is 18.8 Å². The van der Waals surface area contributed by atoms with Gasteiger partial charge in [0.1, 0.15) is 6.04 Å². The van der Waals surface area contributed by atoms with Crippen LogP contribution in [-0.4, -0.2) is 44.0 Å². The Kier molecular flexibility index (Phi) is 4.28. The van der Waals surface area contributed by atoms with E-state index < -0.39 is 0 Å². The SMILES string of the molecule is COC(=O)C1CC=C(B2OC(C)(C)C(C)(C)O2)CCN1. The number of methoxy groups -OCH3 is 1. The lowest BCUT2D eigenvalue weighted by Crippen LogP contribution is -2.41. The van der Waals surface area contributed by atoms with Crippen LogP contribution in [0.25, 0.3) is 0 Å². The fourth-order valence-electron chi connectivity index (χ4n) is 2.38. The van der Waals surface area contributed by atoms with Crippen LogP contribution in [0.5, 0.6) is 0 Å². The maximum Gasteiger partial charge on any atom is 0.490 e. The predicted octanol–water partition coefficient (Wildman–Crippen LogP) is 1.47. The average Bonchev–Trinajstić information content (AvgIpc) is 2.58. The molecule has 0 aliphatic carbocycles. The minimum atomic E-state index is -0.333. The Morgan fingerprint density at radius 1 is 1.35 bits per heavy atom. The highest BCUT2D eigenvalue weighted by Crippen LogP contribution is 2.39. The molecule has 1 atom stereocenters. The van der Waals surface area contributed by atoms with Crippen molar-refractivity contribution < 1.29 is 18.8 Å². The fraction of sp³-hybridized carbons (Fsp3) is 0.786. The first kappa shape index (κ1) is 15.5. The van der Waals surface area contributed by atoms with Gasteiger partial charge in [0.2, 0.25) is 0 Å². The molecule has 1 unspecified atom stereocenters. The molecule has 0 bridgehead atoms. The summed E-state index contributed by atoms with van der Waals surface area (Å²) < 4.78 is 16.9. The number of ether oxygens (including phenoxy) is 1. The highest BCUT2D eigenvalue weighted by Gasteiger charge is 2.52. The topological polar surface area (TPSA) is 56.8 Å². The van der Waals surface area contributed by atoms with Crippen LogP contribution in [0, 0.1) is 0 Å². The number of hydrogen-bond acceptors (Lipinski definition) is 5. The molecule has 0 saturated carbocycles. The van der Waals surface area contributed by atoms with Crippen molar-refractivity contribution in [3.05, 3.63) is 11.5 Å². The second-order valence-electron chi connectivity index (χ2n) is 6.38. The Labute approximate surface area is 121 Å². The third kappa shape index (κ3) is 2.92. The fourth-order valence-corrected chi connectivity index (χ4v) is 2.38. The maximum atomic E-state index is 11.6. The van der Waals surface area contributed by atoms with E-state index in [4.69, 9.17) is 14.0 Å². The summed E-state index contributed by atoms with van der Waals surface area (Å²) in [5.74, 6) is -0.226. The monoisotopic (exact) mass is 281 g/mol. The van der Waals surface area contributed by atoms with E-state index in [9.17, 15) is 4.79 Å². The van der Waals surface area contributed by atoms with E-state index in [0.717, 1.165) is 18.4 Å². The highest BCUT2D eigenvalue weighted by molar-refractivity contribution is 6.54. The van der Waals surface area contributed by atoms with Gasteiger partial charge in [-0.15, -0.1) is 0 Å². The molecule has 0 radical (unpaired) electrons. The summed E-state index contributed by atoms with van der Waals surface area (Å²) in [6, 6.07) is -0.278. The molecule has 1 N–H and O–H groups in total. The van der Waals surface area contributed by atoms with Gasteiger partial charge < -0.3 is 19.4 Å². The number of carbonyl (C=O) groups is 1. The number of hydrogen-bond donors (Lipinski definition) is 1. The molecule has 20 heavy (non-hydrogen) atoms. The zero-order valence-electron chi connectivity index (χ0n) is 13.0. The Balaban J connectivity index is 2.07. The summed E-state index contributed by atoms with van der Waals surface area (Å²) in [6.45, 7) is 8.88. The summed E-state index contributed by atoms with van der Waals surface area (Å²) in [5.41, 5.74) is 0.433. The normalized spacial score (nSPS) is 28.8. The van der Waals surface area contributed by atoms with Gasteiger partial charge in [-0.2, -0.15) is 0 Å². The van der Waals surface area contributed by atoms with Crippen molar-refractivity contribution >= 4 is 13.1 Å². The van der Waals surface area contributed by atoms with Crippen LogP contribution >= 0.6 is 0 Å². The quantitative estimate of drug-likeness (QED) is 0.613. The van der Waals surface area contributed by atoms with Gasteiger partial charge in [-0.3, -0.25) is 4.79 Å². The molecule has 2 heterocycles. The van der Waals surface area contributed by atoms with Gasteiger partial charge in [-0.1, -0.05) is 6.08 Å². The van der Waals surface area contributed by atoms with Crippen molar-refractivity contribution in [3.63, 3.8) is 0 Å². The third-order valence-electron chi connectivity index (χ3n) is 4.46. The van der Waals surface area contributed by atoms with Crippen LogP contribution in [0.15, 0.2) is 11.5 Å². The van der Waals surface area contributed by atoms with Gasteiger partial charge in [0.15, 0.2) is 0 Å². The second-order valence-corrected chi connectivity index (χ2v) is 6.38. The smallest absolute Gasteiger partial charge is 0.468 e. The summed E-state index contributed by atoms with van der Waals surface area (Å²) in [4.78, 5) is 11.6. The van der Waals surface area contributed by atoms with Gasteiger partial charge in [-0.25, -0.2) is 0 Å². The van der Waals surface area contributed by atoms with Crippen LogP contribution in [0.4, 0.5) is 0 Å². The lowest BCUT2D eigenvalue weighted by molar-refractivity contribution is -0.143. The molecule has 0 amide bonds. The van der Waals surface area contributed by atoms with E-state index in [0.29, 0.717) is 6.42 Å². The number of esters is 1. The second kappa shape index (κ2) is 5.50. The van der Waals surface area contributed by atoms with E-state index in [-0.39, 0.29) is 30.3 Å². The number of carbonyl (C=O) groups excluding carboxylic acids is 1. The largest absolute Gasteiger partial charge is 0.490 e. The maximum absolute atomic E-state index is 11.6. The van der Waals surface area contributed by atoms with Crippen molar-refractivity contribution in [2.75, 3.05) is 13.7 Å². The Hall–Kier alpha value is -0.845. The molecule has 2 rings (SSSR count). The molecule has 0 aromatic carbocycles. The Morgan fingerprint density at radius 2 is 1.95 bits per heavy atom. The van der Waals surface area contributed by atoms with E-state index in [1.165, 1.54) is 7.11 Å². The Morgan fingerprint density at radius 3 is 2.50 bits per heavy atom. The van der Waals surface area contributed by atoms with E-state index in [1.54, 1.807) is 0 Å². The van der Waals surface area contributed by atoms with Crippen LogP contribution in [0.1, 0.15) is 40.5 Å². The molecular formula is C14H24BNO4. The van der Waals surface area contributed by atoms with Crippen molar-refractivity contribution in [2.24, 2.45) is 0 Å². The molecular weight excluding hydrogens is 257 g/mol. The first-order valence-electron chi connectivity index (χ1n) is 7.12. The van der Waals surface area contributed by atoms with Crippen molar-refractivity contribution in [3.8, 4) is 0 Å². The molecule has 1 fully saturated rings. The zero-order chi connectivity index (χ0) is 15.0. The van der Waals surface area contributed by atoms with Gasteiger partial charge >= 0.3 is 13.1 Å². The lowest BCUT2D eigenvalue weighted by Gasteiger charge is -2.32. The van der Waals surface area contributed by atoms with Gasteiger partial charge in [-0.05, 0) is 52.6 Å². The summed E-state index contributed by atoms with van der Waals surface area (Å²) in [5, 5.41) is 3.19. The molecule has 5 nitrogen and oxygen atoms in total. The van der Waals surface area contributed by atoms with E-state index in [2.05, 4.69) is 5.32 Å². The van der Waals surface area contributed by atoms with Crippen molar-refractivity contribution in [1.29, 1.82) is 0 Å². The molecule has 112 valence electrons. The van der Waals surface area contributed by atoms with E-state index in [1.807, 2.05) is 33.8 Å². The van der Waals surface area contributed by atoms with Crippen LogP contribution in [0.3, 0.4) is 0 Å². The molecule has 0 spiro atoms. The minimum absolute atomic E-state index is 0.226.